The topological polar surface area (TPSA) is 26.3 Å². The summed E-state index contributed by atoms with van der Waals surface area (Å²) in [4.78, 5) is 12.3. The second kappa shape index (κ2) is 7.38. The number of esters is 1. The van der Waals surface area contributed by atoms with Gasteiger partial charge in [0.1, 0.15) is 6.10 Å². The molecule has 2 rings (SSSR count). The molecule has 0 heterocycles. The Labute approximate surface area is 145 Å². The Morgan fingerprint density at radius 3 is 2.29 bits per heavy atom. The minimum absolute atomic E-state index is 0.0225. The van der Waals surface area contributed by atoms with E-state index in [2.05, 4.69) is 20.8 Å². The van der Waals surface area contributed by atoms with Crippen molar-refractivity contribution in [3.05, 3.63) is 30.3 Å². The highest BCUT2D eigenvalue weighted by Gasteiger charge is 2.45. The molecule has 0 saturated heterocycles. The predicted octanol–water partition coefficient (Wildman–Crippen LogP) is 5.47. The van der Waals surface area contributed by atoms with Gasteiger partial charge >= 0.3 is 12.1 Å². The van der Waals surface area contributed by atoms with E-state index in [1.54, 1.807) is 0 Å². The molecule has 0 spiro atoms. The van der Waals surface area contributed by atoms with E-state index < -0.39 is 18.2 Å². The van der Waals surface area contributed by atoms with Gasteiger partial charge in [0.2, 0.25) is 0 Å². The van der Waals surface area contributed by atoms with Crippen LogP contribution in [-0.2, 0) is 9.53 Å². The second-order valence-electron chi connectivity index (χ2n) is 7.29. The monoisotopic (exact) mass is 360 g/mol. The van der Waals surface area contributed by atoms with Crippen molar-refractivity contribution in [3.63, 3.8) is 0 Å². The van der Waals surface area contributed by atoms with Crippen LogP contribution in [0.15, 0.2) is 35.2 Å². The Morgan fingerprint density at radius 1 is 1.12 bits per heavy atom. The van der Waals surface area contributed by atoms with Crippen molar-refractivity contribution >= 4 is 17.7 Å². The van der Waals surface area contributed by atoms with E-state index in [0.29, 0.717) is 6.42 Å². The number of hydrogen-bond acceptors (Lipinski definition) is 3. The van der Waals surface area contributed by atoms with Crippen LogP contribution in [0.5, 0.6) is 0 Å². The number of ether oxygens (including phenoxy) is 1. The van der Waals surface area contributed by atoms with Crippen molar-refractivity contribution in [2.45, 2.75) is 62.5 Å². The van der Waals surface area contributed by atoms with Gasteiger partial charge in [0, 0.05) is 10.1 Å². The van der Waals surface area contributed by atoms with Crippen LogP contribution in [0.2, 0.25) is 0 Å². The lowest BCUT2D eigenvalue weighted by Gasteiger charge is -2.41. The molecule has 0 aliphatic heterocycles. The first-order chi connectivity index (χ1) is 11.1. The molecule has 0 aromatic heterocycles. The first-order valence-electron chi connectivity index (χ1n) is 8.07. The van der Waals surface area contributed by atoms with Crippen molar-refractivity contribution in [1.82, 2.24) is 0 Å². The van der Waals surface area contributed by atoms with E-state index in [4.69, 9.17) is 4.74 Å². The van der Waals surface area contributed by atoms with Crippen LogP contribution in [0, 0.1) is 11.3 Å². The number of rotatable bonds is 3. The Balaban J connectivity index is 2.13. The molecule has 6 heteroatoms. The number of carbonyl (C=O) groups is 1. The first kappa shape index (κ1) is 19.2. The predicted molar refractivity (Wildman–Crippen MR) is 88.8 cm³/mol. The van der Waals surface area contributed by atoms with E-state index in [1.807, 2.05) is 30.3 Å². The normalized spacial score (nSPS) is 25.3. The molecule has 1 aromatic carbocycles. The van der Waals surface area contributed by atoms with Gasteiger partial charge in [0.05, 0.1) is 0 Å². The van der Waals surface area contributed by atoms with Crippen molar-refractivity contribution in [2.24, 2.45) is 11.3 Å². The molecule has 3 atom stereocenters. The van der Waals surface area contributed by atoms with E-state index in [9.17, 15) is 18.0 Å². The molecule has 24 heavy (non-hydrogen) atoms. The molecule has 1 aromatic rings. The number of halogens is 3. The Hall–Kier alpha value is -1.17. The number of thioether (sulfide) groups is 1. The summed E-state index contributed by atoms with van der Waals surface area (Å²) in [5.41, 5.74) is -0.0225. The third kappa shape index (κ3) is 5.16. The number of alkyl halides is 3. The van der Waals surface area contributed by atoms with Crippen LogP contribution < -0.4 is 0 Å². The van der Waals surface area contributed by atoms with Gasteiger partial charge in [-0.05, 0) is 42.7 Å². The van der Waals surface area contributed by atoms with Crippen molar-refractivity contribution < 1.29 is 22.7 Å². The lowest BCUT2D eigenvalue weighted by molar-refractivity contribution is -0.206. The van der Waals surface area contributed by atoms with E-state index in [-0.39, 0.29) is 16.6 Å². The fourth-order valence-electron chi connectivity index (χ4n) is 3.02. The molecule has 1 saturated carbocycles. The fourth-order valence-corrected chi connectivity index (χ4v) is 4.26. The molecule has 1 aliphatic carbocycles. The zero-order valence-corrected chi connectivity index (χ0v) is 14.9. The van der Waals surface area contributed by atoms with E-state index in [0.717, 1.165) is 17.7 Å². The van der Waals surface area contributed by atoms with Crippen LogP contribution in [0.1, 0.15) is 40.0 Å². The smallest absolute Gasteiger partial charge is 0.455 e. The first-order valence-corrected chi connectivity index (χ1v) is 8.95. The molecule has 1 fully saturated rings. The fraction of sp³-hybridized carbons (Fsp3) is 0.611. The third-order valence-corrected chi connectivity index (χ3v) is 5.86. The van der Waals surface area contributed by atoms with Crippen LogP contribution in [-0.4, -0.2) is 23.5 Å². The Morgan fingerprint density at radius 2 is 1.75 bits per heavy atom. The highest BCUT2D eigenvalue weighted by molar-refractivity contribution is 8.00. The number of hydrogen-bond donors (Lipinski definition) is 0. The highest BCUT2D eigenvalue weighted by Crippen LogP contribution is 2.44. The van der Waals surface area contributed by atoms with Crippen molar-refractivity contribution in [1.29, 1.82) is 0 Å². The standard InChI is InChI=1S/C18H23F3O2S/c1-17(2,3)12-9-10-15(24-13-7-5-4-6-8-13)14(11-12)23-16(22)18(19,20)21/h4-8,12,14-15H,9-11H2,1-3H3/t12-,14+,15+/m0/s1. The van der Waals surface area contributed by atoms with Gasteiger partial charge in [-0.15, -0.1) is 11.8 Å². The second-order valence-corrected chi connectivity index (χ2v) is 8.60. The largest absolute Gasteiger partial charge is 0.490 e. The molecule has 0 bridgehead atoms. The van der Waals surface area contributed by atoms with Gasteiger partial charge in [-0.25, -0.2) is 4.79 Å². The maximum absolute atomic E-state index is 12.6. The third-order valence-electron chi connectivity index (χ3n) is 4.48. The van der Waals surface area contributed by atoms with Crippen LogP contribution in [0.25, 0.3) is 0 Å². The van der Waals surface area contributed by atoms with E-state index >= 15 is 0 Å². The number of carbonyl (C=O) groups excluding carboxylic acids is 1. The summed E-state index contributed by atoms with van der Waals surface area (Å²) in [6.07, 6.45) is -3.54. The SMILES string of the molecule is CC(C)(C)[C@H]1CC[C@@H](Sc2ccccc2)[C@H](OC(=O)C(F)(F)F)C1. The van der Waals surface area contributed by atoms with Gasteiger partial charge in [0.25, 0.3) is 0 Å². The molecule has 2 nitrogen and oxygen atoms in total. The lowest BCUT2D eigenvalue weighted by Crippen LogP contribution is -2.42. The van der Waals surface area contributed by atoms with Gasteiger partial charge in [-0.2, -0.15) is 13.2 Å². The lowest BCUT2D eigenvalue weighted by atomic mass is 9.71. The Bertz CT molecular complexity index is 552. The maximum atomic E-state index is 12.6. The van der Waals surface area contributed by atoms with Gasteiger partial charge in [-0.1, -0.05) is 39.0 Å². The van der Waals surface area contributed by atoms with Crippen LogP contribution >= 0.6 is 11.8 Å². The minimum atomic E-state index is -4.95. The van der Waals surface area contributed by atoms with Crippen LogP contribution in [0.4, 0.5) is 13.2 Å². The molecule has 1 aliphatic rings. The maximum Gasteiger partial charge on any atom is 0.490 e. The summed E-state index contributed by atoms with van der Waals surface area (Å²) in [6, 6.07) is 9.51. The molecular formula is C18H23F3O2S. The number of benzene rings is 1. The summed E-state index contributed by atoms with van der Waals surface area (Å²) < 4.78 is 42.7. The summed E-state index contributed by atoms with van der Waals surface area (Å²) in [5, 5.41) is -0.155. The summed E-state index contributed by atoms with van der Waals surface area (Å²) >= 11 is 1.49. The molecule has 134 valence electrons. The summed E-state index contributed by atoms with van der Waals surface area (Å²) in [6.45, 7) is 6.22. The van der Waals surface area contributed by atoms with Gasteiger partial charge < -0.3 is 4.74 Å². The van der Waals surface area contributed by atoms with E-state index in [1.165, 1.54) is 11.8 Å². The molecule has 0 unspecified atom stereocenters. The molecule has 0 radical (unpaired) electrons. The summed E-state index contributed by atoms with van der Waals surface area (Å²) in [7, 11) is 0. The zero-order valence-electron chi connectivity index (χ0n) is 14.1. The Kier molecular flexibility index (Phi) is 5.89. The zero-order chi connectivity index (χ0) is 18.0. The molecule has 0 amide bonds. The van der Waals surface area contributed by atoms with Crippen molar-refractivity contribution in [3.8, 4) is 0 Å². The molecular weight excluding hydrogens is 337 g/mol. The van der Waals surface area contributed by atoms with Gasteiger partial charge in [-0.3, -0.25) is 0 Å². The quantitative estimate of drug-likeness (QED) is 0.669. The van der Waals surface area contributed by atoms with Gasteiger partial charge in [0.15, 0.2) is 0 Å². The summed E-state index contributed by atoms with van der Waals surface area (Å²) in [5.74, 6) is -1.85. The highest BCUT2D eigenvalue weighted by atomic mass is 32.2. The van der Waals surface area contributed by atoms with Crippen LogP contribution in [0.3, 0.4) is 0 Å². The van der Waals surface area contributed by atoms with Crippen molar-refractivity contribution in [2.75, 3.05) is 0 Å². The average molecular weight is 360 g/mol. The minimum Gasteiger partial charge on any atom is -0.455 e. The average Bonchev–Trinajstić information content (AvgIpc) is 2.48. The molecule has 0 N–H and O–H groups in total.